The number of carboxylic acids is 4. The summed E-state index contributed by atoms with van der Waals surface area (Å²) in [5.74, 6) is -13.2. The molecular weight excluding hydrogens is 1770 g/mol. The molecule has 0 aromatic heterocycles. The second-order valence-electron chi connectivity index (χ2n) is 27.6. The summed E-state index contributed by atoms with van der Waals surface area (Å²) in [6.45, 7) is -3.08. The summed E-state index contributed by atoms with van der Waals surface area (Å²) >= 11 is 0. The van der Waals surface area contributed by atoms with Gasteiger partial charge in [0.05, 0.1) is 26.4 Å². The molecule has 26 N–H and O–H groups in total. The molecule has 8 aliphatic rings. The normalized spacial score (nSPS) is 42.7. The number of carbonyl (C=O) groups is 8. The van der Waals surface area contributed by atoms with Gasteiger partial charge in [0.15, 0.2) is 74.7 Å². The number of rotatable bonds is 34. The Morgan fingerprint density at radius 1 is 0.256 bits per heavy atom. The van der Waals surface area contributed by atoms with E-state index in [0.717, 1.165) is 20.8 Å². The maximum absolute atomic E-state index is 13.3. The summed E-state index contributed by atoms with van der Waals surface area (Å²) in [5.41, 5.74) is 0. The molecule has 0 bridgehead atoms. The second kappa shape index (κ2) is 40.8. The van der Waals surface area contributed by atoms with Crippen LogP contribution in [0, 0.1) is 0 Å². The van der Waals surface area contributed by atoms with Gasteiger partial charge in [0, 0.05) is 27.7 Å². The molecule has 8 saturated heterocycles. The second-order valence-corrected chi connectivity index (χ2v) is 31.9. The number of aliphatic hydroxyl groups excluding tert-OH is 14. The molecule has 121 heavy (non-hydrogen) atoms. The summed E-state index contributed by atoms with van der Waals surface area (Å²) < 4.78 is 234. The van der Waals surface area contributed by atoms with Crippen molar-refractivity contribution in [2.75, 3.05) is 26.4 Å². The summed E-state index contributed by atoms with van der Waals surface area (Å²) in [4.78, 5) is 102. The van der Waals surface area contributed by atoms with Crippen LogP contribution in [-0.4, -0.2) is 463 Å². The van der Waals surface area contributed by atoms with E-state index in [1.54, 1.807) is 0 Å². The molecule has 61 nitrogen and oxygen atoms in total. The molecule has 0 radical (unpaired) electrons. The lowest BCUT2D eigenvalue weighted by atomic mass is 9.93. The molecule has 8 aliphatic heterocycles. The number of aliphatic carboxylic acids is 4. The summed E-state index contributed by atoms with van der Waals surface area (Å²) in [5, 5.41) is 209. The number of amides is 4. The van der Waals surface area contributed by atoms with Crippen LogP contribution in [0.3, 0.4) is 0 Å². The first-order chi connectivity index (χ1) is 55.9. The van der Waals surface area contributed by atoms with Gasteiger partial charge in [-0.2, -0.15) is 33.7 Å². The van der Waals surface area contributed by atoms with E-state index < -0.39 is 361 Å². The number of hydrogen-bond acceptors (Lipinski definition) is 49. The van der Waals surface area contributed by atoms with Gasteiger partial charge in [0.2, 0.25) is 23.6 Å². The fraction of sp³-hybridized carbons (Fsp3) is 0.857. The molecule has 65 heteroatoms. The molecule has 0 spiro atoms. The standard InChI is InChI=1S/C56H86N4O57S4/c1-9(61)57-17-22(66)21(65)13(5-99-118(87,88)89)103-50(17)112-38-27(71)31(75)54(115-42(38)46(80)81)109-35-15(7-101-120(93,94)95)105-52(19(24(35)68)59-11(3)63)114-40-29(73)33(77)56(117-44(40)48(84)85)110-36-16(8-102-121(96,97)98)106-53(20(25(36)69)60-12(4)64)113-39-28(72)32(76)55(116-43(39)47(82)83)108-34-14(6-100-119(90,91)92)104-51(18(23(34)67)58-10(2)62)111-37-26(70)30(74)49(86)107-41(37)45(78)79/h13-44,49-56,65-77,86H,5-8H2,1-4H3,(H,57,61)(H,58,62)(H,59,63)(H,60,64)(H,78,79)(H,80,81)(H,82,83)(H,84,85)(H,87,88,89)(H,90,91,92)(H,93,94,95)(H,96,97,98)/t13-,14-,15-,16-,17-,18-,19-,20-,21-,22-,23-,24-,25-,26-,27-,28-,29-,30-,31-,32-,33-,34-,35-,36-,37+,38+,39+,40+,41+,42+,43-,44-,49?,50-,51-,52-,53-,54-,55+,56+/m1/s1. The highest BCUT2D eigenvalue weighted by molar-refractivity contribution is 7.81. The van der Waals surface area contributed by atoms with Crippen LogP contribution in [0.5, 0.6) is 0 Å². The molecule has 696 valence electrons. The first kappa shape index (κ1) is 100. The Bertz CT molecular complexity index is 4100. The van der Waals surface area contributed by atoms with Crippen LogP contribution >= 0.6 is 0 Å². The molecular formula is C56H86N4O57S4. The maximum Gasteiger partial charge on any atom is 0.397 e. The lowest BCUT2D eigenvalue weighted by Gasteiger charge is -2.50. The largest absolute Gasteiger partial charge is 0.479 e. The topological polar surface area (TPSA) is 942 Å². The lowest BCUT2D eigenvalue weighted by molar-refractivity contribution is -0.381. The smallest absolute Gasteiger partial charge is 0.397 e. The average Bonchev–Trinajstić information content (AvgIpc) is 0.770. The summed E-state index contributed by atoms with van der Waals surface area (Å²) in [6, 6.07) is -8.86. The van der Waals surface area contributed by atoms with Crippen LogP contribution in [0.15, 0.2) is 0 Å². The Hall–Kier alpha value is -5.92. The molecule has 40 atom stereocenters. The van der Waals surface area contributed by atoms with Crippen LogP contribution in [0.2, 0.25) is 0 Å². The molecule has 1 unspecified atom stereocenters. The van der Waals surface area contributed by atoms with E-state index in [0.29, 0.717) is 6.92 Å². The van der Waals surface area contributed by atoms with E-state index in [9.17, 15) is 178 Å². The van der Waals surface area contributed by atoms with Crippen molar-refractivity contribution in [1.82, 2.24) is 21.3 Å². The maximum atomic E-state index is 13.3. The van der Waals surface area contributed by atoms with Crippen LogP contribution in [0.25, 0.3) is 0 Å². The number of carboxylic acid groups (broad SMARTS) is 4. The number of aliphatic hydroxyl groups is 14. The molecule has 0 saturated carbocycles. The van der Waals surface area contributed by atoms with Crippen molar-refractivity contribution in [1.29, 1.82) is 0 Å². The Labute approximate surface area is 677 Å². The van der Waals surface area contributed by atoms with E-state index in [4.69, 9.17) is 75.6 Å². The number of hydrogen-bond donors (Lipinski definition) is 26. The SMILES string of the molecule is CC(=O)N[C@H]1[C@@H](O[C@H]2[C@H](O)[C@@H](O)[C@@H](O[C@H]3[C@H](O)[C@@H](NC(C)=O)[C@@H](O[C@H]4[C@H](O)[C@@H](O)[C@@H](O[C@H]5[C@H](O)[C@@H](NC(C)=O)[C@@H](O[C@H]6[C@H](O)[C@@H](O)C(O)O[C@@H]6C(=O)O)O[C@@H]5COS(=O)(=O)O)O[C@H]4C(=O)O)O[C@@H]3COS(=O)(=O)O)O[C@H]2C(=O)O)O[C@H](COS(=O)(=O)O)[C@@H](O[C@@H]2O[C@H](C(=O)O)[C@@H](O[C@H]3O[C@H](COS(=O)(=O)O)[C@@H](O)[C@H](O)[C@H]3NC(C)=O)[C@H](O)[C@H]2O)[C@@H]1O. The van der Waals surface area contributed by atoms with Gasteiger partial charge in [-0.1, -0.05) is 0 Å². The molecule has 8 rings (SSSR count). The van der Waals surface area contributed by atoms with Crippen molar-refractivity contribution in [2.24, 2.45) is 0 Å². The first-order valence-electron chi connectivity index (χ1n) is 34.7. The minimum absolute atomic E-state index is 0.713. The van der Waals surface area contributed by atoms with E-state index in [1.165, 1.54) is 0 Å². The van der Waals surface area contributed by atoms with Gasteiger partial charge in [-0.15, -0.1) is 0 Å². The lowest BCUT2D eigenvalue weighted by Crippen LogP contribution is -2.71. The van der Waals surface area contributed by atoms with Gasteiger partial charge < -0.3 is 184 Å². The van der Waals surface area contributed by atoms with Gasteiger partial charge in [-0.25, -0.2) is 35.9 Å². The third-order valence-corrected chi connectivity index (χ3v) is 20.7. The van der Waals surface area contributed by atoms with Gasteiger partial charge in [-0.05, 0) is 0 Å². The fourth-order valence-electron chi connectivity index (χ4n) is 13.6. The monoisotopic (exact) mass is 1850 g/mol. The van der Waals surface area contributed by atoms with Crippen LogP contribution in [-0.2, 0) is 168 Å². The highest BCUT2D eigenvalue weighted by Gasteiger charge is 2.63. The Kier molecular flexibility index (Phi) is 33.9. The van der Waals surface area contributed by atoms with Crippen molar-refractivity contribution in [3.63, 3.8) is 0 Å². The van der Waals surface area contributed by atoms with Crippen LogP contribution in [0.4, 0.5) is 0 Å². The van der Waals surface area contributed by atoms with Crippen molar-refractivity contribution < 1.29 is 270 Å². The quantitative estimate of drug-likeness (QED) is 0.0266. The molecule has 0 aliphatic carbocycles. The van der Waals surface area contributed by atoms with Crippen molar-refractivity contribution in [3.05, 3.63) is 0 Å². The molecule has 8 heterocycles. The Morgan fingerprint density at radius 2 is 0.463 bits per heavy atom. The number of carbonyl (C=O) groups excluding carboxylic acids is 4. The van der Waals surface area contributed by atoms with Crippen molar-refractivity contribution in [2.45, 2.75) is 273 Å². The summed E-state index contributed by atoms with van der Waals surface area (Å²) in [7, 11) is -22.3. The average molecular weight is 1860 g/mol. The molecule has 4 amide bonds. The van der Waals surface area contributed by atoms with E-state index >= 15 is 0 Å². The van der Waals surface area contributed by atoms with E-state index in [2.05, 4.69) is 32.7 Å². The van der Waals surface area contributed by atoms with Gasteiger partial charge in [-0.3, -0.25) is 37.4 Å². The Morgan fingerprint density at radius 3 is 0.694 bits per heavy atom. The fourth-order valence-corrected chi connectivity index (χ4v) is 14.8. The number of nitrogens with one attached hydrogen (secondary N) is 4. The third kappa shape index (κ3) is 25.3. The van der Waals surface area contributed by atoms with E-state index in [-0.39, 0.29) is 0 Å². The molecule has 0 aromatic carbocycles. The molecule has 0 aromatic rings. The minimum Gasteiger partial charge on any atom is -0.479 e. The van der Waals surface area contributed by atoms with Gasteiger partial charge >= 0.3 is 65.5 Å². The number of ether oxygens (including phenoxy) is 15. The zero-order valence-electron chi connectivity index (χ0n) is 61.7. The molecule has 8 fully saturated rings. The van der Waals surface area contributed by atoms with E-state index in [1.807, 2.05) is 5.32 Å². The predicted octanol–water partition coefficient (Wildman–Crippen LogP) is -18.2. The van der Waals surface area contributed by atoms with Crippen LogP contribution in [0.1, 0.15) is 27.7 Å². The van der Waals surface area contributed by atoms with Crippen molar-refractivity contribution in [3.8, 4) is 0 Å². The Balaban J connectivity index is 1.03. The predicted molar refractivity (Wildman–Crippen MR) is 355 cm³/mol. The van der Waals surface area contributed by atoms with Crippen LogP contribution < -0.4 is 21.3 Å². The summed E-state index contributed by atoms with van der Waals surface area (Å²) in [6.07, 6.45) is -92.0. The van der Waals surface area contributed by atoms with Gasteiger partial charge in [0.25, 0.3) is 0 Å². The third-order valence-electron chi connectivity index (χ3n) is 18.9. The van der Waals surface area contributed by atoms with Gasteiger partial charge in [0.1, 0.15) is 171 Å². The highest BCUT2D eigenvalue weighted by Crippen LogP contribution is 2.40. The highest BCUT2D eigenvalue weighted by atomic mass is 32.3. The zero-order valence-corrected chi connectivity index (χ0v) is 64.9. The zero-order chi connectivity index (χ0) is 90.8. The minimum atomic E-state index is -5.71. The van der Waals surface area contributed by atoms with Crippen molar-refractivity contribution >= 4 is 89.1 Å². The first-order valence-corrected chi connectivity index (χ1v) is 40.2.